The molecule has 150 valence electrons. The van der Waals surface area contributed by atoms with Crippen LogP contribution in [0.2, 0.25) is 0 Å². The van der Waals surface area contributed by atoms with Crippen LogP contribution in [0.5, 0.6) is 0 Å². The van der Waals surface area contributed by atoms with Crippen LogP contribution < -0.4 is 5.32 Å². The molecule has 0 spiro atoms. The van der Waals surface area contributed by atoms with E-state index >= 15 is 0 Å². The first-order valence-electron chi connectivity index (χ1n) is 11.3. The first-order chi connectivity index (χ1) is 12.2. The standard InChI is InChI=1S/C22H44INO/c1-2-3-4-5-6-7-8-9-10-11-12-14-17-21(25)20-24-22(23)18-15-13-16-19-22/h21,24-25H,2-20H2,1H3. The van der Waals surface area contributed by atoms with E-state index in [1.807, 2.05) is 0 Å². The summed E-state index contributed by atoms with van der Waals surface area (Å²) in [5, 5.41) is 13.8. The van der Waals surface area contributed by atoms with Gasteiger partial charge in [0.2, 0.25) is 0 Å². The van der Waals surface area contributed by atoms with Gasteiger partial charge in [-0.1, -0.05) is 126 Å². The molecule has 1 fully saturated rings. The quantitative estimate of drug-likeness (QED) is 0.110. The Morgan fingerprint density at radius 3 is 1.80 bits per heavy atom. The van der Waals surface area contributed by atoms with Crippen molar-refractivity contribution in [3.8, 4) is 0 Å². The highest BCUT2D eigenvalue weighted by Gasteiger charge is 2.28. The van der Waals surface area contributed by atoms with E-state index in [4.69, 9.17) is 0 Å². The molecule has 0 aromatic carbocycles. The van der Waals surface area contributed by atoms with E-state index in [0.717, 1.165) is 13.0 Å². The number of aliphatic hydroxyl groups is 1. The Bertz CT molecular complexity index is 292. The number of hydrogen-bond donors (Lipinski definition) is 2. The average molecular weight is 466 g/mol. The lowest BCUT2D eigenvalue weighted by Gasteiger charge is -2.33. The van der Waals surface area contributed by atoms with Gasteiger partial charge in [0.1, 0.15) is 0 Å². The minimum atomic E-state index is -0.156. The molecule has 3 heteroatoms. The second-order valence-electron chi connectivity index (χ2n) is 8.24. The predicted octanol–water partition coefficient (Wildman–Crippen LogP) is 7.12. The van der Waals surface area contributed by atoms with E-state index in [0.29, 0.717) is 0 Å². The second-order valence-corrected chi connectivity index (χ2v) is 10.3. The monoisotopic (exact) mass is 465 g/mol. The lowest BCUT2D eigenvalue weighted by Crippen LogP contribution is -2.44. The molecular weight excluding hydrogens is 421 g/mol. The fourth-order valence-electron chi connectivity index (χ4n) is 3.91. The molecule has 0 aromatic heterocycles. The van der Waals surface area contributed by atoms with Crippen molar-refractivity contribution in [1.82, 2.24) is 5.32 Å². The van der Waals surface area contributed by atoms with Gasteiger partial charge in [-0.05, 0) is 19.3 Å². The molecule has 0 saturated heterocycles. The van der Waals surface area contributed by atoms with E-state index in [1.165, 1.54) is 109 Å². The number of aliphatic hydroxyl groups excluding tert-OH is 1. The van der Waals surface area contributed by atoms with Crippen LogP contribution in [0.4, 0.5) is 0 Å². The van der Waals surface area contributed by atoms with Crippen molar-refractivity contribution in [3.05, 3.63) is 0 Å². The Morgan fingerprint density at radius 2 is 1.28 bits per heavy atom. The summed E-state index contributed by atoms with van der Waals surface area (Å²) in [6, 6.07) is 0. The topological polar surface area (TPSA) is 32.3 Å². The third-order valence-corrected chi connectivity index (χ3v) is 7.15. The summed E-state index contributed by atoms with van der Waals surface area (Å²) in [5.41, 5.74) is 0. The van der Waals surface area contributed by atoms with Crippen molar-refractivity contribution >= 4 is 22.6 Å². The first-order valence-corrected chi connectivity index (χ1v) is 12.4. The molecule has 2 N–H and O–H groups in total. The SMILES string of the molecule is CCCCCCCCCCCCCCC(O)CNC1(I)CCCCC1. The Hall–Kier alpha value is 0.650. The fourth-order valence-corrected chi connectivity index (χ4v) is 4.90. The smallest absolute Gasteiger partial charge is 0.0706 e. The summed E-state index contributed by atoms with van der Waals surface area (Å²) in [5.74, 6) is 0. The molecule has 2 nitrogen and oxygen atoms in total. The number of unbranched alkanes of at least 4 members (excludes halogenated alkanes) is 11. The highest BCUT2D eigenvalue weighted by molar-refractivity contribution is 14.1. The Morgan fingerprint density at radius 1 is 0.800 bits per heavy atom. The maximum atomic E-state index is 10.2. The van der Waals surface area contributed by atoms with Crippen LogP contribution in [0.3, 0.4) is 0 Å². The summed E-state index contributed by atoms with van der Waals surface area (Å²) < 4.78 is 0.257. The molecule has 1 atom stereocenters. The molecule has 1 unspecified atom stereocenters. The van der Waals surface area contributed by atoms with E-state index in [-0.39, 0.29) is 9.65 Å². The first kappa shape index (κ1) is 23.7. The van der Waals surface area contributed by atoms with Gasteiger partial charge in [-0.15, -0.1) is 0 Å². The molecule has 0 aromatic rings. The maximum Gasteiger partial charge on any atom is 0.0706 e. The lowest BCUT2D eigenvalue weighted by atomic mass is 9.95. The molecule has 1 aliphatic rings. The van der Waals surface area contributed by atoms with Crippen molar-refractivity contribution in [2.45, 2.75) is 132 Å². The summed E-state index contributed by atoms with van der Waals surface area (Å²) in [6.45, 7) is 3.06. The molecular formula is C22H44INO. The molecule has 1 saturated carbocycles. The third-order valence-electron chi connectivity index (χ3n) is 5.69. The lowest BCUT2D eigenvalue weighted by molar-refractivity contribution is 0.148. The zero-order valence-corrected chi connectivity index (χ0v) is 19.0. The van der Waals surface area contributed by atoms with Gasteiger partial charge in [0.25, 0.3) is 0 Å². The van der Waals surface area contributed by atoms with E-state index in [9.17, 15) is 5.11 Å². The van der Waals surface area contributed by atoms with Gasteiger partial charge in [-0.25, -0.2) is 0 Å². The maximum absolute atomic E-state index is 10.2. The van der Waals surface area contributed by atoms with Gasteiger partial charge in [-0.2, -0.15) is 0 Å². The summed E-state index contributed by atoms with van der Waals surface area (Å²) in [7, 11) is 0. The van der Waals surface area contributed by atoms with Crippen molar-refractivity contribution in [1.29, 1.82) is 0 Å². The summed E-state index contributed by atoms with van der Waals surface area (Å²) >= 11 is 2.58. The molecule has 0 heterocycles. The Labute approximate surface area is 171 Å². The molecule has 0 aliphatic heterocycles. The molecule has 1 aliphatic carbocycles. The van der Waals surface area contributed by atoms with Gasteiger partial charge in [0.15, 0.2) is 0 Å². The van der Waals surface area contributed by atoms with Gasteiger partial charge in [-0.3, -0.25) is 0 Å². The zero-order valence-electron chi connectivity index (χ0n) is 16.8. The van der Waals surface area contributed by atoms with Gasteiger partial charge in [0.05, 0.1) is 9.65 Å². The number of nitrogens with one attached hydrogen (secondary N) is 1. The largest absolute Gasteiger partial charge is 0.392 e. The van der Waals surface area contributed by atoms with Crippen LogP contribution in [-0.2, 0) is 0 Å². The Balaban J connectivity index is 1.82. The van der Waals surface area contributed by atoms with Crippen LogP contribution in [0.25, 0.3) is 0 Å². The van der Waals surface area contributed by atoms with Crippen LogP contribution in [-0.4, -0.2) is 21.3 Å². The van der Waals surface area contributed by atoms with Crippen molar-refractivity contribution < 1.29 is 5.11 Å². The van der Waals surface area contributed by atoms with Gasteiger partial charge in [0, 0.05) is 6.54 Å². The average Bonchev–Trinajstić information content (AvgIpc) is 2.62. The third kappa shape index (κ3) is 13.5. The van der Waals surface area contributed by atoms with E-state index in [1.54, 1.807) is 0 Å². The van der Waals surface area contributed by atoms with Crippen molar-refractivity contribution in [2.75, 3.05) is 6.54 Å². The fraction of sp³-hybridized carbons (Fsp3) is 1.00. The number of hydrogen-bond acceptors (Lipinski definition) is 2. The summed E-state index contributed by atoms with van der Waals surface area (Å²) in [6.07, 6.45) is 24.0. The molecule has 25 heavy (non-hydrogen) atoms. The highest BCUT2D eigenvalue weighted by Crippen LogP contribution is 2.33. The van der Waals surface area contributed by atoms with E-state index in [2.05, 4.69) is 34.8 Å². The van der Waals surface area contributed by atoms with Gasteiger partial charge >= 0.3 is 0 Å². The predicted molar refractivity (Wildman–Crippen MR) is 120 cm³/mol. The van der Waals surface area contributed by atoms with Gasteiger partial charge < -0.3 is 10.4 Å². The molecule has 1 rings (SSSR count). The molecule has 0 radical (unpaired) electrons. The summed E-state index contributed by atoms with van der Waals surface area (Å²) in [4.78, 5) is 0. The number of rotatable bonds is 16. The molecule has 0 amide bonds. The van der Waals surface area contributed by atoms with Crippen molar-refractivity contribution in [3.63, 3.8) is 0 Å². The number of halogens is 1. The minimum absolute atomic E-state index is 0.156. The molecule has 0 bridgehead atoms. The Kier molecular flexibility index (Phi) is 14.9. The van der Waals surface area contributed by atoms with Crippen LogP contribution in [0.15, 0.2) is 0 Å². The normalized spacial score (nSPS) is 18.4. The number of alkyl halides is 1. The van der Waals surface area contributed by atoms with E-state index < -0.39 is 0 Å². The van der Waals surface area contributed by atoms with Crippen molar-refractivity contribution in [2.24, 2.45) is 0 Å². The zero-order chi connectivity index (χ0) is 18.2. The van der Waals surface area contributed by atoms with Crippen LogP contribution >= 0.6 is 22.6 Å². The second kappa shape index (κ2) is 15.7. The van der Waals surface area contributed by atoms with Crippen LogP contribution in [0.1, 0.15) is 122 Å². The highest BCUT2D eigenvalue weighted by atomic mass is 127. The van der Waals surface area contributed by atoms with Crippen LogP contribution in [0, 0.1) is 0 Å². The minimum Gasteiger partial charge on any atom is -0.392 e.